The molecule has 0 saturated carbocycles. The second-order valence-corrected chi connectivity index (χ2v) is 7.77. The second-order valence-electron chi connectivity index (χ2n) is 6.96. The van der Waals surface area contributed by atoms with Crippen LogP contribution in [0.4, 0.5) is 5.95 Å². The third kappa shape index (κ3) is 6.19. The molecule has 156 valence electrons. The van der Waals surface area contributed by atoms with Crippen LogP contribution in [0.1, 0.15) is 5.56 Å². The van der Waals surface area contributed by atoms with E-state index < -0.39 is 0 Å². The van der Waals surface area contributed by atoms with E-state index in [4.69, 9.17) is 23.2 Å². The SMILES string of the molecule is CN=C(NCCN1CCN(c2ncccn2)CC1)N(C)Cc1ccc(Cl)c(Cl)c1. The molecule has 9 heteroatoms. The number of halogens is 2. The Kier molecular flexibility index (Phi) is 7.91. The quantitative estimate of drug-likeness (QED) is 0.555. The lowest BCUT2D eigenvalue weighted by Crippen LogP contribution is -2.49. The molecule has 0 atom stereocenters. The van der Waals surface area contributed by atoms with Gasteiger partial charge in [-0.25, -0.2) is 9.97 Å². The van der Waals surface area contributed by atoms with Gasteiger partial charge < -0.3 is 15.1 Å². The summed E-state index contributed by atoms with van der Waals surface area (Å²) in [5.74, 6) is 1.67. The zero-order valence-electron chi connectivity index (χ0n) is 16.9. The van der Waals surface area contributed by atoms with Gasteiger partial charge >= 0.3 is 0 Å². The molecule has 29 heavy (non-hydrogen) atoms. The summed E-state index contributed by atoms with van der Waals surface area (Å²) in [5.41, 5.74) is 1.09. The van der Waals surface area contributed by atoms with E-state index in [0.717, 1.165) is 56.7 Å². The fourth-order valence-corrected chi connectivity index (χ4v) is 3.64. The van der Waals surface area contributed by atoms with Crippen LogP contribution in [0.25, 0.3) is 0 Å². The number of nitrogens with one attached hydrogen (secondary N) is 1. The standard InChI is InChI=1S/C20H27Cl2N7/c1-23-19(27(2)15-16-4-5-17(21)18(22)14-16)26-8-9-28-10-12-29(13-11-28)20-24-6-3-7-25-20/h3-7,14H,8-13,15H2,1-2H3,(H,23,26). The number of piperazine rings is 1. The fraction of sp³-hybridized carbons (Fsp3) is 0.450. The molecule has 0 unspecified atom stereocenters. The second kappa shape index (κ2) is 10.6. The minimum atomic E-state index is 0.569. The number of benzene rings is 1. The number of rotatable bonds is 6. The number of aromatic nitrogens is 2. The zero-order valence-corrected chi connectivity index (χ0v) is 18.4. The van der Waals surface area contributed by atoms with Crippen LogP contribution in [0.15, 0.2) is 41.7 Å². The molecular formula is C20H27Cl2N7. The molecule has 0 aliphatic carbocycles. The van der Waals surface area contributed by atoms with Crippen molar-refractivity contribution >= 4 is 35.1 Å². The molecule has 0 radical (unpaired) electrons. The third-order valence-electron chi connectivity index (χ3n) is 4.90. The van der Waals surface area contributed by atoms with Crippen molar-refractivity contribution in [3.8, 4) is 0 Å². The van der Waals surface area contributed by atoms with Gasteiger partial charge in [0.2, 0.25) is 5.95 Å². The van der Waals surface area contributed by atoms with Crippen LogP contribution < -0.4 is 10.2 Å². The maximum atomic E-state index is 6.12. The summed E-state index contributed by atoms with van der Waals surface area (Å²) in [6, 6.07) is 7.54. The Hall–Kier alpha value is -2.09. The third-order valence-corrected chi connectivity index (χ3v) is 5.63. The molecular weight excluding hydrogens is 409 g/mol. The molecule has 1 fully saturated rings. The first kappa shape index (κ1) is 21.6. The lowest BCUT2D eigenvalue weighted by atomic mass is 10.2. The van der Waals surface area contributed by atoms with Crippen molar-refractivity contribution in [1.29, 1.82) is 0 Å². The van der Waals surface area contributed by atoms with E-state index in [0.29, 0.717) is 16.6 Å². The Labute approximate surface area is 182 Å². The van der Waals surface area contributed by atoms with Crippen LogP contribution in [0.5, 0.6) is 0 Å². The van der Waals surface area contributed by atoms with Gasteiger partial charge in [0.05, 0.1) is 10.0 Å². The smallest absolute Gasteiger partial charge is 0.225 e. The van der Waals surface area contributed by atoms with Crippen LogP contribution in [-0.4, -0.2) is 79.1 Å². The predicted octanol–water partition coefficient (Wildman–Crippen LogP) is 2.61. The van der Waals surface area contributed by atoms with Crippen molar-refractivity contribution in [2.75, 3.05) is 58.3 Å². The van der Waals surface area contributed by atoms with E-state index in [1.807, 2.05) is 31.3 Å². The van der Waals surface area contributed by atoms with Gasteiger partial charge in [-0.05, 0) is 23.8 Å². The van der Waals surface area contributed by atoms with E-state index in [1.165, 1.54) is 0 Å². The van der Waals surface area contributed by atoms with Gasteiger partial charge in [0.1, 0.15) is 0 Å². The van der Waals surface area contributed by atoms with Crippen LogP contribution in [0.3, 0.4) is 0 Å². The van der Waals surface area contributed by atoms with Gasteiger partial charge in [-0.1, -0.05) is 29.3 Å². The molecule has 1 aromatic carbocycles. The predicted molar refractivity (Wildman–Crippen MR) is 120 cm³/mol. The largest absolute Gasteiger partial charge is 0.355 e. The van der Waals surface area contributed by atoms with Crippen molar-refractivity contribution in [1.82, 2.24) is 25.1 Å². The highest BCUT2D eigenvalue weighted by Gasteiger charge is 2.18. The molecule has 0 bridgehead atoms. The minimum absolute atomic E-state index is 0.569. The first-order valence-electron chi connectivity index (χ1n) is 9.67. The highest BCUT2D eigenvalue weighted by atomic mass is 35.5. The fourth-order valence-electron chi connectivity index (χ4n) is 3.32. The molecule has 0 spiro atoms. The van der Waals surface area contributed by atoms with Crippen LogP contribution in [-0.2, 0) is 6.54 Å². The van der Waals surface area contributed by atoms with E-state index >= 15 is 0 Å². The Bertz CT molecular complexity index is 808. The maximum Gasteiger partial charge on any atom is 0.225 e. The monoisotopic (exact) mass is 435 g/mol. The Morgan fingerprint density at radius 3 is 2.52 bits per heavy atom. The number of hydrogen-bond donors (Lipinski definition) is 1. The number of aliphatic imine (C=N–C) groups is 1. The highest BCUT2D eigenvalue weighted by Crippen LogP contribution is 2.23. The van der Waals surface area contributed by atoms with E-state index in [1.54, 1.807) is 19.4 Å². The number of anilines is 1. The first-order chi connectivity index (χ1) is 14.1. The van der Waals surface area contributed by atoms with Crippen LogP contribution >= 0.6 is 23.2 Å². The van der Waals surface area contributed by atoms with Crippen molar-refractivity contribution in [2.45, 2.75) is 6.54 Å². The summed E-state index contributed by atoms with van der Waals surface area (Å²) in [6.07, 6.45) is 3.58. The Morgan fingerprint density at radius 1 is 1.14 bits per heavy atom. The topological polar surface area (TPSA) is 59.9 Å². The normalized spacial score (nSPS) is 15.4. The van der Waals surface area contributed by atoms with E-state index in [2.05, 4.69) is 35.0 Å². The average Bonchev–Trinajstić information content (AvgIpc) is 2.75. The molecule has 1 N–H and O–H groups in total. The molecule has 0 amide bonds. The van der Waals surface area contributed by atoms with Crippen molar-refractivity contribution in [3.63, 3.8) is 0 Å². The van der Waals surface area contributed by atoms with Gasteiger partial charge in [-0.15, -0.1) is 0 Å². The molecule has 7 nitrogen and oxygen atoms in total. The molecule has 1 aliphatic heterocycles. The summed E-state index contributed by atoms with van der Waals surface area (Å²) in [5, 5.41) is 4.58. The van der Waals surface area contributed by atoms with Gasteiger partial charge in [-0.2, -0.15) is 0 Å². The molecule has 3 rings (SSSR count). The van der Waals surface area contributed by atoms with Gasteiger partial charge in [0.25, 0.3) is 0 Å². The molecule has 1 aromatic heterocycles. The molecule has 2 aromatic rings. The number of nitrogens with zero attached hydrogens (tertiary/aromatic N) is 6. The Morgan fingerprint density at radius 2 is 1.86 bits per heavy atom. The molecule has 1 saturated heterocycles. The summed E-state index contributed by atoms with van der Waals surface area (Å²) in [6.45, 7) is 6.37. The summed E-state index contributed by atoms with van der Waals surface area (Å²) >= 11 is 12.1. The van der Waals surface area contributed by atoms with E-state index in [9.17, 15) is 0 Å². The molecule has 2 heterocycles. The van der Waals surface area contributed by atoms with Crippen molar-refractivity contribution in [2.24, 2.45) is 4.99 Å². The van der Waals surface area contributed by atoms with Crippen LogP contribution in [0, 0.1) is 0 Å². The molecule has 1 aliphatic rings. The Balaban J connectivity index is 1.41. The first-order valence-corrected chi connectivity index (χ1v) is 10.4. The maximum absolute atomic E-state index is 6.12. The zero-order chi connectivity index (χ0) is 20.6. The minimum Gasteiger partial charge on any atom is -0.355 e. The number of hydrogen-bond acceptors (Lipinski definition) is 5. The number of guanidine groups is 1. The summed E-state index contributed by atoms with van der Waals surface area (Å²) in [4.78, 5) is 19.8. The van der Waals surface area contributed by atoms with Gasteiger partial charge in [-0.3, -0.25) is 9.89 Å². The average molecular weight is 436 g/mol. The summed E-state index contributed by atoms with van der Waals surface area (Å²) < 4.78 is 0. The van der Waals surface area contributed by atoms with Crippen LogP contribution in [0.2, 0.25) is 10.0 Å². The van der Waals surface area contributed by atoms with Gasteiger partial charge in [0, 0.05) is 72.3 Å². The van der Waals surface area contributed by atoms with Gasteiger partial charge in [0.15, 0.2) is 5.96 Å². The lowest BCUT2D eigenvalue weighted by Gasteiger charge is -2.34. The summed E-state index contributed by atoms with van der Waals surface area (Å²) in [7, 11) is 3.81. The lowest BCUT2D eigenvalue weighted by molar-refractivity contribution is 0.259. The van der Waals surface area contributed by atoms with Crippen molar-refractivity contribution < 1.29 is 0 Å². The van der Waals surface area contributed by atoms with Crippen molar-refractivity contribution in [3.05, 3.63) is 52.3 Å². The highest BCUT2D eigenvalue weighted by molar-refractivity contribution is 6.42. The van der Waals surface area contributed by atoms with E-state index in [-0.39, 0.29) is 0 Å².